The van der Waals surface area contributed by atoms with Crippen LogP contribution in [-0.4, -0.2) is 9.91 Å². The summed E-state index contributed by atoms with van der Waals surface area (Å²) >= 11 is 6.55. The van der Waals surface area contributed by atoms with Crippen molar-refractivity contribution >= 4 is 37.5 Å². The second kappa shape index (κ2) is 5.66. The predicted octanol–water partition coefficient (Wildman–Crippen LogP) is 4.62. The zero-order valence-electron chi connectivity index (χ0n) is 9.76. The monoisotopic (exact) mass is 386 g/mol. The number of nitrogens with zero attached hydrogens (tertiary/aromatic N) is 2. The number of hydrogen-bond donors (Lipinski definition) is 0. The van der Waals surface area contributed by atoms with Crippen LogP contribution in [0.5, 0.6) is 11.6 Å². The summed E-state index contributed by atoms with van der Waals surface area (Å²) < 4.78 is 6.97. The van der Waals surface area contributed by atoms with Crippen LogP contribution in [0.4, 0.5) is 5.69 Å². The molecule has 98 valence electrons. The summed E-state index contributed by atoms with van der Waals surface area (Å²) in [7, 11) is 0. The van der Waals surface area contributed by atoms with E-state index in [1.807, 2.05) is 13.0 Å². The van der Waals surface area contributed by atoms with Crippen molar-refractivity contribution in [2.45, 2.75) is 6.92 Å². The molecule has 5 nitrogen and oxygen atoms in total. The number of pyridine rings is 1. The molecule has 0 N–H and O–H groups in total. The molecule has 0 saturated heterocycles. The maximum atomic E-state index is 10.8. The molecule has 0 bridgehead atoms. The van der Waals surface area contributed by atoms with E-state index in [0.717, 1.165) is 10.2 Å². The fraction of sp³-hybridized carbons (Fsp3) is 0.0833. The Bertz CT molecular complexity index is 647. The Morgan fingerprint density at radius 1 is 1.26 bits per heavy atom. The van der Waals surface area contributed by atoms with E-state index in [1.165, 1.54) is 12.1 Å². The van der Waals surface area contributed by atoms with E-state index in [0.29, 0.717) is 16.1 Å². The van der Waals surface area contributed by atoms with Crippen LogP contribution in [0.15, 0.2) is 39.3 Å². The second-order valence-corrected chi connectivity index (χ2v) is 5.49. The highest BCUT2D eigenvalue weighted by molar-refractivity contribution is 9.10. The molecule has 0 unspecified atom stereocenters. The van der Waals surface area contributed by atoms with Crippen molar-refractivity contribution < 1.29 is 9.66 Å². The van der Waals surface area contributed by atoms with Crippen LogP contribution in [-0.2, 0) is 0 Å². The molecule has 2 rings (SSSR count). The van der Waals surface area contributed by atoms with Crippen LogP contribution in [0.1, 0.15) is 5.69 Å². The van der Waals surface area contributed by atoms with E-state index in [9.17, 15) is 10.1 Å². The van der Waals surface area contributed by atoms with Crippen LogP contribution < -0.4 is 4.74 Å². The molecule has 0 aliphatic carbocycles. The van der Waals surface area contributed by atoms with Gasteiger partial charge in [0.2, 0.25) is 5.88 Å². The Hall–Kier alpha value is -1.47. The van der Waals surface area contributed by atoms with Crippen LogP contribution >= 0.6 is 31.9 Å². The third kappa shape index (κ3) is 3.51. The molecule has 0 aliphatic heterocycles. The van der Waals surface area contributed by atoms with Gasteiger partial charge in [-0.1, -0.05) is 15.9 Å². The number of nitro groups is 1. The molecule has 19 heavy (non-hydrogen) atoms. The summed E-state index contributed by atoms with van der Waals surface area (Å²) in [6.07, 6.45) is 0. The van der Waals surface area contributed by atoms with Crippen molar-refractivity contribution in [1.29, 1.82) is 0 Å². The molecular weight excluding hydrogens is 380 g/mol. The average molecular weight is 388 g/mol. The van der Waals surface area contributed by atoms with Crippen molar-refractivity contribution in [3.05, 3.63) is 55.1 Å². The van der Waals surface area contributed by atoms with Gasteiger partial charge in [-0.25, -0.2) is 4.98 Å². The van der Waals surface area contributed by atoms with Gasteiger partial charge in [-0.2, -0.15) is 0 Å². The van der Waals surface area contributed by atoms with Crippen LogP contribution in [0.3, 0.4) is 0 Å². The second-order valence-electron chi connectivity index (χ2n) is 3.72. The van der Waals surface area contributed by atoms with E-state index >= 15 is 0 Å². The first-order valence-corrected chi connectivity index (χ1v) is 6.80. The van der Waals surface area contributed by atoms with Gasteiger partial charge in [-0.15, -0.1) is 0 Å². The quantitative estimate of drug-likeness (QED) is 0.569. The van der Waals surface area contributed by atoms with E-state index in [4.69, 9.17) is 4.74 Å². The molecule has 1 heterocycles. The normalized spacial score (nSPS) is 10.3. The number of aryl methyl sites for hydroxylation is 1. The van der Waals surface area contributed by atoms with Gasteiger partial charge in [0.15, 0.2) is 0 Å². The van der Waals surface area contributed by atoms with Crippen molar-refractivity contribution in [3.63, 3.8) is 0 Å². The van der Waals surface area contributed by atoms with Gasteiger partial charge in [0.1, 0.15) is 5.75 Å². The third-order valence-electron chi connectivity index (χ3n) is 2.29. The Labute approximate surface area is 126 Å². The van der Waals surface area contributed by atoms with E-state index in [1.54, 1.807) is 12.1 Å². The molecule has 7 heteroatoms. The number of benzene rings is 1. The molecule has 1 aromatic heterocycles. The van der Waals surface area contributed by atoms with Crippen LogP contribution in [0.25, 0.3) is 0 Å². The predicted molar refractivity (Wildman–Crippen MR) is 77.5 cm³/mol. The molecule has 0 atom stereocenters. The van der Waals surface area contributed by atoms with Crippen LogP contribution in [0.2, 0.25) is 0 Å². The van der Waals surface area contributed by atoms with Crippen LogP contribution in [0, 0.1) is 17.0 Å². The minimum absolute atomic E-state index is 0.0433. The Kier molecular flexibility index (Phi) is 4.16. The molecule has 0 radical (unpaired) electrons. The Balaban J connectivity index is 2.32. The molecule has 0 fully saturated rings. The van der Waals surface area contributed by atoms with Crippen molar-refractivity contribution in [3.8, 4) is 11.6 Å². The number of ether oxygens (including phenoxy) is 1. The molecule has 0 saturated carbocycles. The fourth-order valence-corrected chi connectivity index (χ4v) is 2.09. The molecule has 0 spiro atoms. The van der Waals surface area contributed by atoms with Crippen molar-refractivity contribution in [2.24, 2.45) is 0 Å². The van der Waals surface area contributed by atoms with Crippen molar-refractivity contribution in [2.75, 3.05) is 0 Å². The summed E-state index contributed by atoms with van der Waals surface area (Å²) in [6.45, 7) is 1.83. The topological polar surface area (TPSA) is 65.3 Å². The molecule has 1 aromatic carbocycles. The van der Waals surface area contributed by atoms with Gasteiger partial charge in [0.05, 0.1) is 16.7 Å². The first-order valence-electron chi connectivity index (χ1n) is 5.21. The van der Waals surface area contributed by atoms with Gasteiger partial charge in [-0.05, 0) is 35.0 Å². The first-order chi connectivity index (χ1) is 8.95. The fourth-order valence-electron chi connectivity index (χ4n) is 1.41. The zero-order chi connectivity index (χ0) is 14.0. The molecule has 2 aromatic rings. The minimum atomic E-state index is -0.474. The average Bonchev–Trinajstić information content (AvgIpc) is 2.33. The summed E-state index contributed by atoms with van der Waals surface area (Å²) in [6, 6.07) is 7.90. The third-order valence-corrected chi connectivity index (χ3v) is 3.58. The first kappa shape index (κ1) is 14.0. The highest BCUT2D eigenvalue weighted by atomic mass is 79.9. The summed E-state index contributed by atoms with van der Waals surface area (Å²) in [5, 5.41) is 10.8. The maximum Gasteiger partial charge on any atom is 0.274 e. The summed E-state index contributed by atoms with van der Waals surface area (Å²) in [4.78, 5) is 14.5. The maximum absolute atomic E-state index is 10.8. The lowest BCUT2D eigenvalue weighted by Gasteiger charge is -2.06. The molecule has 0 aliphatic rings. The van der Waals surface area contributed by atoms with E-state index in [2.05, 4.69) is 36.8 Å². The van der Waals surface area contributed by atoms with Gasteiger partial charge >= 0.3 is 0 Å². The van der Waals surface area contributed by atoms with Gasteiger partial charge < -0.3 is 4.74 Å². The number of rotatable bonds is 3. The number of non-ortho nitro benzene ring substituents is 1. The minimum Gasteiger partial charge on any atom is -0.439 e. The summed E-state index contributed by atoms with van der Waals surface area (Å²) in [5.74, 6) is 0.739. The Morgan fingerprint density at radius 3 is 2.63 bits per heavy atom. The number of nitro benzene ring substituents is 1. The number of aromatic nitrogens is 1. The van der Waals surface area contributed by atoms with E-state index < -0.39 is 4.92 Å². The number of halogens is 2. The van der Waals surface area contributed by atoms with Gasteiger partial charge in [0, 0.05) is 21.1 Å². The lowest BCUT2D eigenvalue weighted by atomic mass is 10.3. The lowest BCUT2D eigenvalue weighted by molar-refractivity contribution is -0.385. The SMILES string of the molecule is Cc1nc(Oc2cc(Br)cc([N+](=O)[O-])c2)ccc1Br. The number of hydrogen-bond acceptors (Lipinski definition) is 4. The largest absolute Gasteiger partial charge is 0.439 e. The molecule has 0 amide bonds. The molecular formula is C12H8Br2N2O3. The lowest BCUT2D eigenvalue weighted by Crippen LogP contribution is -1.93. The Morgan fingerprint density at radius 2 is 2.00 bits per heavy atom. The zero-order valence-corrected chi connectivity index (χ0v) is 12.9. The van der Waals surface area contributed by atoms with Gasteiger partial charge in [0.25, 0.3) is 5.69 Å². The smallest absolute Gasteiger partial charge is 0.274 e. The van der Waals surface area contributed by atoms with Gasteiger partial charge in [-0.3, -0.25) is 10.1 Å². The highest BCUT2D eigenvalue weighted by Crippen LogP contribution is 2.29. The van der Waals surface area contributed by atoms with Crippen molar-refractivity contribution in [1.82, 2.24) is 4.98 Å². The standard InChI is InChI=1S/C12H8Br2N2O3/c1-7-11(14)2-3-12(15-7)19-10-5-8(13)4-9(6-10)16(17)18/h2-6H,1H3. The van der Waals surface area contributed by atoms with E-state index in [-0.39, 0.29) is 5.69 Å². The summed E-state index contributed by atoms with van der Waals surface area (Å²) in [5.41, 5.74) is 0.736. The highest BCUT2D eigenvalue weighted by Gasteiger charge is 2.11.